The molecule has 0 unspecified atom stereocenters. The Labute approximate surface area is 84.1 Å². The minimum absolute atomic E-state index is 0. The normalized spacial score (nSPS) is 9.67. The zero-order chi connectivity index (χ0) is 9.97. The third kappa shape index (κ3) is 2.06. The van der Waals surface area contributed by atoms with Crippen LogP contribution in [-0.4, -0.2) is 32.5 Å². The molecular weight excluding hydrogens is 200 g/mol. The van der Waals surface area contributed by atoms with E-state index in [1.165, 1.54) is 12.4 Å². The van der Waals surface area contributed by atoms with Crippen LogP contribution < -0.4 is 16.4 Å². The van der Waals surface area contributed by atoms with Crippen LogP contribution in [0.25, 0.3) is 11.2 Å². The predicted molar refractivity (Wildman–Crippen MR) is 54.2 cm³/mol. The molecule has 0 atom stereocenters. The third-order valence-corrected chi connectivity index (χ3v) is 1.59. The number of rotatable bonds is 2. The first-order valence-electron chi connectivity index (χ1n) is 3.95. The van der Waals surface area contributed by atoms with E-state index in [2.05, 4.69) is 30.8 Å². The van der Waals surface area contributed by atoms with E-state index in [4.69, 9.17) is 0 Å². The summed E-state index contributed by atoms with van der Waals surface area (Å²) in [6, 6.07) is 0. The van der Waals surface area contributed by atoms with Gasteiger partial charge in [-0.2, -0.15) is 4.98 Å². The van der Waals surface area contributed by atoms with Crippen molar-refractivity contribution in [2.24, 2.45) is 0 Å². The van der Waals surface area contributed by atoms with Gasteiger partial charge in [0, 0.05) is 19.4 Å². The van der Waals surface area contributed by atoms with Crippen molar-refractivity contribution in [3.63, 3.8) is 0 Å². The van der Waals surface area contributed by atoms with Gasteiger partial charge >= 0.3 is 0 Å². The highest BCUT2D eigenvalue weighted by Crippen LogP contribution is 2.00. The molecule has 0 saturated carbocycles. The van der Waals surface area contributed by atoms with Gasteiger partial charge in [0.2, 0.25) is 5.95 Å². The monoisotopic (exact) mass is 210 g/mol. The van der Waals surface area contributed by atoms with Gasteiger partial charge in [-0.1, -0.05) is 0 Å². The Balaban J connectivity index is 0.00000112. The van der Waals surface area contributed by atoms with Crippen molar-refractivity contribution < 1.29 is 5.48 Å². The molecule has 80 valence electrons. The maximum absolute atomic E-state index is 11.4. The highest BCUT2D eigenvalue weighted by Gasteiger charge is 2.03. The smallest absolute Gasteiger partial charge is 0.280 e. The molecule has 8 heteroatoms. The molecule has 2 aromatic heterocycles. The quantitative estimate of drug-likeness (QED) is 0.514. The van der Waals surface area contributed by atoms with Gasteiger partial charge in [0.25, 0.3) is 5.56 Å². The van der Waals surface area contributed by atoms with Gasteiger partial charge in [-0.05, 0) is 0 Å². The lowest BCUT2D eigenvalue weighted by Gasteiger charge is -2.02. The van der Waals surface area contributed by atoms with Gasteiger partial charge in [-0.3, -0.25) is 15.2 Å². The molecule has 0 bridgehead atoms. The summed E-state index contributed by atoms with van der Waals surface area (Å²) in [5.41, 5.74) is 5.53. The SMILES string of the molecule is CNNc1nc2nccnc2c(=O)[nH]1.O. The van der Waals surface area contributed by atoms with Gasteiger partial charge in [-0.15, -0.1) is 0 Å². The Morgan fingerprint density at radius 2 is 2.07 bits per heavy atom. The Bertz CT molecular complexity index is 510. The average molecular weight is 210 g/mol. The minimum atomic E-state index is -0.319. The Morgan fingerprint density at radius 3 is 2.80 bits per heavy atom. The summed E-state index contributed by atoms with van der Waals surface area (Å²) >= 11 is 0. The number of aromatic nitrogens is 4. The minimum Gasteiger partial charge on any atom is -0.412 e. The average Bonchev–Trinajstić information content (AvgIpc) is 2.18. The lowest BCUT2D eigenvalue weighted by atomic mass is 10.5. The predicted octanol–water partition coefficient (Wildman–Crippen LogP) is -1.57. The van der Waals surface area contributed by atoms with E-state index in [9.17, 15) is 4.79 Å². The zero-order valence-electron chi connectivity index (χ0n) is 7.90. The number of hydrogen-bond donors (Lipinski definition) is 3. The van der Waals surface area contributed by atoms with E-state index in [1.807, 2.05) is 0 Å². The number of hydrogen-bond acceptors (Lipinski definition) is 6. The maximum Gasteiger partial charge on any atom is 0.280 e. The van der Waals surface area contributed by atoms with E-state index < -0.39 is 0 Å². The number of hydrazine groups is 1. The molecule has 15 heavy (non-hydrogen) atoms. The van der Waals surface area contributed by atoms with Crippen LogP contribution in [0.4, 0.5) is 5.95 Å². The number of anilines is 1. The fourth-order valence-electron chi connectivity index (χ4n) is 1.05. The number of aromatic amines is 1. The van der Waals surface area contributed by atoms with Crippen molar-refractivity contribution in [3.8, 4) is 0 Å². The van der Waals surface area contributed by atoms with Gasteiger partial charge in [0.1, 0.15) is 0 Å². The van der Waals surface area contributed by atoms with Crippen LogP contribution in [0.3, 0.4) is 0 Å². The molecule has 0 saturated heterocycles. The molecule has 0 spiro atoms. The van der Waals surface area contributed by atoms with Crippen LogP contribution in [0.15, 0.2) is 17.2 Å². The molecular formula is C7H10N6O2. The topological polar surface area (TPSA) is 127 Å². The summed E-state index contributed by atoms with van der Waals surface area (Å²) < 4.78 is 0. The molecule has 2 rings (SSSR count). The lowest BCUT2D eigenvalue weighted by Crippen LogP contribution is -2.21. The zero-order valence-corrected chi connectivity index (χ0v) is 7.90. The molecule has 0 fully saturated rings. The molecule has 0 radical (unpaired) electrons. The highest BCUT2D eigenvalue weighted by molar-refractivity contribution is 5.68. The van der Waals surface area contributed by atoms with Gasteiger partial charge in [0.05, 0.1) is 0 Å². The van der Waals surface area contributed by atoms with Gasteiger partial charge < -0.3 is 5.48 Å². The van der Waals surface area contributed by atoms with Gasteiger partial charge in [-0.25, -0.2) is 15.4 Å². The van der Waals surface area contributed by atoms with Crippen molar-refractivity contribution in [1.29, 1.82) is 0 Å². The molecule has 0 aromatic carbocycles. The number of nitrogens with zero attached hydrogens (tertiary/aromatic N) is 3. The fraction of sp³-hybridized carbons (Fsp3) is 0.143. The van der Waals surface area contributed by atoms with Crippen LogP contribution in [0.1, 0.15) is 0 Å². The van der Waals surface area contributed by atoms with Gasteiger partial charge in [0.15, 0.2) is 11.2 Å². The third-order valence-electron chi connectivity index (χ3n) is 1.59. The first kappa shape index (κ1) is 11.0. The highest BCUT2D eigenvalue weighted by atomic mass is 16.1. The number of H-pyrrole nitrogens is 1. The molecule has 0 aliphatic rings. The summed E-state index contributed by atoms with van der Waals surface area (Å²) in [4.78, 5) is 25.7. The largest absolute Gasteiger partial charge is 0.412 e. The first-order chi connectivity index (χ1) is 6.81. The molecule has 0 aliphatic carbocycles. The van der Waals surface area contributed by atoms with Crippen LogP contribution in [0.5, 0.6) is 0 Å². The van der Waals surface area contributed by atoms with Crippen molar-refractivity contribution in [2.75, 3.05) is 12.5 Å². The summed E-state index contributed by atoms with van der Waals surface area (Å²) in [5.74, 6) is 0.311. The van der Waals surface area contributed by atoms with Crippen LogP contribution in [0.2, 0.25) is 0 Å². The Morgan fingerprint density at radius 1 is 1.33 bits per heavy atom. The van der Waals surface area contributed by atoms with Crippen molar-refractivity contribution in [1.82, 2.24) is 25.4 Å². The van der Waals surface area contributed by atoms with E-state index in [0.29, 0.717) is 11.6 Å². The molecule has 0 aliphatic heterocycles. The Kier molecular flexibility index (Phi) is 3.26. The van der Waals surface area contributed by atoms with Crippen molar-refractivity contribution in [3.05, 3.63) is 22.7 Å². The standard InChI is InChI=1S/C7H8N6O.H2O/c1-8-13-7-11-5-4(6(14)12-7)9-2-3-10-5;/h2-3,8H,1H3,(H2,10,11,12,13,14);1H2. The second-order valence-corrected chi connectivity index (χ2v) is 2.52. The fourth-order valence-corrected chi connectivity index (χ4v) is 1.05. The summed E-state index contributed by atoms with van der Waals surface area (Å²) in [7, 11) is 1.67. The van der Waals surface area contributed by atoms with Crippen LogP contribution >= 0.6 is 0 Å². The van der Waals surface area contributed by atoms with Crippen LogP contribution in [0, 0.1) is 0 Å². The molecule has 8 nitrogen and oxygen atoms in total. The molecule has 2 aromatic rings. The Hall–Kier alpha value is -2.06. The van der Waals surface area contributed by atoms with E-state index in [-0.39, 0.29) is 16.6 Å². The number of nitrogens with one attached hydrogen (secondary N) is 3. The lowest BCUT2D eigenvalue weighted by molar-refractivity contribution is 0.824. The summed E-state index contributed by atoms with van der Waals surface area (Å²) in [5, 5.41) is 0. The summed E-state index contributed by atoms with van der Waals surface area (Å²) in [6.07, 6.45) is 2.93. The van der Waals surface area contributed by atoms with Crippen LogP contribution in [-0.2, 0) is 0 Å². The van der Waals surface area contributed by atoms with E-state index >= 15 is 0 Å². The summed E-state index contributed by atoms with van der Waals surface area (Å²) in [6.45, 7) is 0. The molecule has 2 heterocycles. The molecule has 5 N–H and O–H groups in total. The first-order valence-corrected chi connectivity index (χ1v) is 3.95. The molecule has 0 amide bonds. The second kappa shape index (κ2) is 4.44. The second-order valence-electron chi connectivity index (χ2n) is 2.52. The maximum atomic E-state index is 11.4. The number of fused-ring (bicyclic) bond motifs is 1. The van der Waals surface area contributed by atoms with E-state index in [0.717, 1.165) is 0 Å². The van der Waals surface area contributed by atoms with Crippen molar-refractivity contribution >= 4 is 17.1 Å². The van der Waals surface area contributed by atoms with Crippen molar-refractivity contribution in [2.45, 2.75) is 0 Å². The van der Waals surface area contributed by atoms with E-state index in [1.54, 1.807) is 7.05 Å².